The molecule has 1 fully saturated rings. The van der Waals surface area contributed by atoms with Gasteiger partial charge in [0.15, 0.2) is 0 Å². The molecule has 1 atom stereocenters. The van der Waals surface area contributed by atoms with Crippen LogP contribution in [-0.2, 0) is 20.9 Å². The van der Waals surface area contributed by atoms with E-state index >= 15 is 0 Å². The molecule has 250 valence electrons. The topological polar surface area (TPSA) is 126 Å². The maximum atomic E-state index is 12.9. The first kappa shape index (κ1) is 32.2. The first-order valence-corrected chi connectivity index (χ1v) is 17.0. The maximum absolute atomic E-state index is 12.9. The number of hydrogen-bond donors (Lipinski definition) is 2. The lowest BCUT2D eigenvalue weighted by atomic mass is 10.0. The van der Waals surface area contributed by atoms with Crippen LogP contribution in [0.25, 0.3) is 31.9 Å². The Labute approximate surface area is 287 Å². The van der Waals surface area contributed by atoms with Gasteiger partial charge in [-0.3, -0.25) is 19.7 Å². The molecular formula is C37H36N6O5S. The average Bonchev–Trinajstić information content (AvgIpc) is 3.68. The number of piperidine rings is 1. The van der Waals surface area contributed by atoms with E-state index in [4.69, 9.17) is 14.5 Å². The van der Waals surface area contributed by atoms with Gasteiger partial charge in [-0.25, -0.2) is 9.97 Å². The molecule has 2 N–H and O–H groups in total. The van der Waals surface area contributed by atoms with Gasteiger partial charge < -0.3 is 24.6 Å². The van der Waals surface area contributed by atoms with Crippen LogP contribution in [0.4, 0.5) is 11.5 Å². The Bertz CT molecular complexity index is 2030. The smallest absolute Gasteiger partial charge is 0.255 e. The molecule has 7 rings (SSSR count). The molecule has 1 unspecified atom stereocenters. The predicted octanol–water partition coefficient (Wildman–Crippen LogP) is 5.36. The van der Waals surface area contributed by atoms with Crippen LogP contribution >= 0.6 is 11.3 Å². The lowest BCUT2D eigenvalue weighted by Crippen LogP contribution is -2.52. The van der Waals surface area contributed by atoms with Crippen LogP contribution in [0.5, 0.6) is 5.75 Å². The number of nitrogens with one attached hydrogen (secondary N) is 2. The van der Waals surface area contributed by atoms with E-state index in [-0.39, 0.29) is 18.2 Å². The largest absolute Gasteiger partial charge is 0.491 e. The number of amides is 3. The minimum atomic E-state index is -0.637. The molecule has 0 aliphatic carbocycles. The summed E-state index contributed by atoms with van der Waals surface area (Å²) >= 11 is 1.70. The Hall–Kier alpha value is -5.33. The van der Waals surface area contributed by atoms with Crippen LogP contribution in [0, 0.1) is 0 Å². The average molecular weight is 677 g/mol. The second kappa shape index (κ2) is 14.0. The fraction of sp³-hybridized carbons (Fsp3) is 0.270. The molecule has 3 amide bonds. The summed E-state index contributed by atoms with van der Waals surface area (Å²) in [6, 6.07) is 23.5. The van der Waals surface area contributed by atoms with Crippen molar-refractivity contribution in [2.45, 2.75) is 25.4 Å². The molecule has 0 bridgehead atoms. The molecule has 1 saturated heterocycles. The number of pyridine rings is 1. The van der Waals surface area contributed by atoms with E-state index in [2.05, 4.69) is 63.0 Å². The number of nitrogens with zero attached hydrogens (tertiary/aromatic N) is 4. The highest BCUT2D eigenvalue weighted by molar-refractivity contribution is 7.21. The fourth-order valence-electron chi connectivity index (χ4n) is 6.04. The Kier molecular flexibility index (Phi) is 9.23. The molecule has 0 saturated carbocycles. The van der Waals surface area contributed by atoms with Crippen LogP contribution in [0.3, 0.4) is 0 Å². The minimum absolute atomic E-state index is 0.204. The van der Waals surface area contributed by atoms with Crippen LogP contribution in [0.2, 0.25) is 0 Å². The molecule has 2 aromatic heterocycles. The zero-order valence-electron chi connectivity index (χ0n) is 27.3. The third-order valence-corrected chi connectivity index (χ3v) is 9.72. The maximum Gasteiger partial charge on any atom is 0.255 e. The number of thiazole rings is 1. The summed E-state index contributed by atoms with van der Waals surface area (Å²) in [5, 5.41) is 6.65. The number of carbonyl (C=O) groups is 3. The summed E-state index contributed by atoms with van der Waals surface area (Å²) in [4.78, 5) is 49.6. The first-order chi connectivity index (χ1) is 23.8. The van der Waals surface area contributed by atoms with Crippen LogP contribution in [0.1, 0.15) is 28.8 Å². The number of fused-ring (bicyclic) bond motifs is 2. The predicted molar refractivity (Wildman–Crippen MR) is 190 cm³/mol. The van der Waals surface area contributed by atoms with Crippen molar-refractivity contribution in [3.63, 3.8) is 0 Å². The van der Waals surface area contributed by atoms with Gasteiger partial charge >= 0.3 is 0 Å². The van der Waals surface area contributed by atoms with Gasteiger partial charge in [0.1, 0.15) is 29.2 Å². The van der Waals surface area contributed by atoms with E-state index in [0.29, 0.717) is 50.6 Å². The summed E-state index contributed by atoms with van der Waals surface area (Å²) in [7, 11) is 4.08. The number of carbonyl (C=O) groups excluding carboxylic acids is 3. The monoisotopic (exact) mass is 676 g/mol. The Morgan fingerprint density at radius 2 is 1.78 bits per heavy atom. The zero-order valence-corrected chi connectivity index (χ0v) is 28.1. The molecule has 2 aliphatic heterocycles. The first-order valence-electron chi connectivity index (χ1n) is 16.2. The molecule has 0 spiro atoms. The van der Waals surface area contributed by atoms with Crippen LogP contribution in [0.15, 0.2) is 79.0 Å². The van der Waals surface area contributed by atoms with Crippen molar-refractivity contribution >= 4 is 50.8 Å². The third kappa shape index (κ3) is 7.10. The summed E-state index contributed by atoms with van der Waals surface area (Å²) in [5.41, 5.74) is 6.78. The Morgan fingerprint density at radius 1 is 0.939 bits per heavy atom. The van der Waals surface area contributed by atoms with Gasteiger partial charge in [-0.05, 0) is 71.6 Å². The second-order valence-corrected chi connectivity index (χ2v) is 13.2. The van der Waals surface area contributed by atoms with Crippen LogP contribution in [-0.4, -0.2) is 79.1 Å². The summed E-state index contributed by atoms with van der Waals surface area (Å²) < 4.78 is 12.8. The Morgan fingerprint density at radius 3 is 2.59 bits per heavy atom. The van der Waals surface area contributed by atoms with E-state index in [1.54, 1.807) is 29.7 Å². The number of imide groups is 1. The number of aromatic nitrogens is 2. The van der Waals surface area contributed by atoms with Crippen molar-refractivity contribution in [1.82, 2.24) is 20.2 Å². The van der Waals surface area contributed by atoms with Gasteiger partial charge in [0, 0.05) is 56.6 Å². The molecule has 3 aromatic carbocycles. The van der Waals surface area contributed by atoms with E-state index < -0.39 is 11.9 Å². The molecule has 2 aliphatic rings. The van der Waals surface area contributed by atoms with Gasteiger partial charge in [0.25, 0.3) is 5.91 Å². The number of rotatable bonds is 12. The van der Waals surface area contributed by atoms with Crippen molar-refractivity contribution in [1.29, 1.82) is 0 Å². The van der Waals surface area contributed by atoms with Crippen molar-refractivity contribution < 1.29 is 23.9 Å². The van der Waals surface area contributed by atoms with Gasteiger partial charge in [0.05, 0.1) is 23.4 Å². The van der Waals surface area contributed by atoms with Crippen molar-refractivity contribution in [3.05, 3.63) is 90.1 Å². The van der Waals surface area contributed by atoms with Crippen molar-refractivity contribution in [2.24, 2.45) is 0 Å². The second-order valence-electron chi connectivity index (χ2n) is 12.2. The molecule has 4 heterocycles. The molecule has 5 aromatic rings. The van der Waals surface area contributed by atoms with E-state index in [1.807, 2.05) is 32.3 Å². The molecule has 12 heteroatoms. The molecule has 49 heavy (non-hydrogen) atoms. The number of hydrogen-bond acceptors (Lipinski definition) is 10. The van der Waals surface area contributed by atoms with Gasteiger partial charge in [-0.1, -0.05) is 24.3 Å². The van der Waals surface area contributed by atoms with E-state index in [1.165, 1.54) is 9.60 Å². The fourth-order valence-corrected chi connectivity index (χ4v) is 7.04. The van der Waals surface area contributed by atoms with Gasteiger partial charge in [-0.15, -0.1) is 11.3 Å². The van der Waals surface area contributed by atoms with Crippen LogP contribution < -0.4 is 20.3 Å². The molecule has 11 nitrogen and oxygen atoms in total. The summed E-state index contributed by atoms with van der Waals surface area (Å²) in [6.07, 6.45) is 2.36. The lowest BCUT2D eigenvalue weighted by molar-refractivity contribution is -0.136. The third-order valence-electron chi connectivity index (χ3n) is 8.66. The highest BCUT2D eigenvalue weighted by atomic mass is 32.1. The zero-order chi connectivity index (χ0) is 33.9. The molecule has 0 radical (unpaired) electrons. The van der Waals surface area contributed by atoms with E-state index in [0.717, 1.165) is 44.3 Å². The lowest BCUT2D eigenvalue weighted by Gasteiger charge is -2.29. The van der Waals surface area contributed by atoms with E-state index in [9.17, 15) is 14.4 Å². The minimum Gasteiger partial charge on any atom is -0.491 e. The van der Waals surface area contributed by atoms with Gasteiger partial charge in [0.2, 0.25) is 11.8 Å². The van der Waals surface area contributed by atoms with Crippen molar-refractivity contribution in [3.8, 4) is 27.4 Å². The van der Waals surface area contributed by atoms with Crippen molar-refractivity contribution in [2.75, 3.05) is 50.7 Å². The standard InChI is InChI=1S/C37H36N6O5S/c1-42(2)27-7-10-30-32(21-27)49-36(40-30)24-5-3-23(4-6-24)25-13-14-38-33(20-25)39-15-16-47-17-18-48-28-8-9-29-26(19-28)22-43(37(29)46)31-11-12-34(44)41-35(31)45/h3-10,13-14,19-21,31H,11-12,15-18,22H2,1-2H3,(H,38,39)(H,41,44,45). The number of anilines is 2. The van der Waals surface area contributed by atoms with Gasteiger partial charge in [-0.2, -0.15) is 0 Å². The molecular weight excluding hydrogens is 641 g/mol. The normalized spacial score (nSPS) is 15.8. The summed E-state index contributed by atoms with van der Waals surface area (Å²) in [5.74, 6) is 0.470. The Balaban J connectivity index is 0.854. The highest BCUT2D eigenvalue weighted by Crippen LogP contribution is 2.34. The quantitative estimate of drug-likeness (QED) is 0.133. The number of ether oxygens (including phenoxy) is 2. The number of benzene rings is 3. The summed E-state index contributed by atoms with van der Waals surface area (Å²) in [6.45, 7) is 2.11. The highest BCUT2D eigenvalue weighted by Gasteiger charge is 2.39. The SMILES string of the molecule is CN(C)c1ccc2nc(-c3ccc(-c4ccnc(NCCOCCOc5ccc6c(c5)CN(C5CCC(=O)NC5=O)C6=O)c4)cc3)sc2c1.